The average molecular weight is 373 g/mol. The fraction of sp³-hybridized carbons (Fsp3) is 0.381. The number of hydrogen-bond donors (Lipinski definition) is 1. The number of benzene rings is 2. The van der Waals surface area contributed by atoms with Crippen molar-refractivity contribution in [2.24, 2.45) is 5.73 Å². The highest BCUT2D eigenvalue weighted by Crippen LogP contribution is 2.12. The predicted octanol–water partition coefficient (Wildman–Crippen LogP) is 2.30. The predicted molar refractivity (Wildman–Crippen MR) is 102 cm³/mol. The molecule has 27 heavy (non-hydrogen) atoms. The summed E-state index contributed by atoms with van der Waals surface area (Å²) in [5.41, 5.74) is 8.11. The van der Waals surface area contributed by atoms with Crippen molar-refractivity contribution in [3.05, 3.63) is 71.8 Å². The molecule has 0 aliphatic heterocycles. The molecule has 2 aromatic rings. The van der Waals surface area contributed by atoms with Crippen LogP contribution in [0.2, 0.25) is 0 Å². The molecule has 0 saturated heterocycles. The number of hydrogen-bond acceptors (Lipinski definition) is 6. The van der Waals surface area contributed by atoms with Crippen molar-refractivity contribution >= 4 is 5.78 Å². The second-order valence-electron chi connectivity index (χ2n) is 6.08. The summed E-state index contributed by atoms with van der Waals surface area (Å²) in [4.78, 5) is 12.7. The van der Waals surface area contributed by atoms with Gasteiger partial charge < -0.3 is 24.7 Å². The van der Waals surface area contributed by atoms with E-state index in [9.17, 15) is 4.79 Å². The first-order valence-corrected chi connectivity index (χ1v) is 8.76. The van der Waals surface area contributed by atoms with Gasteiger partial charge in [0, 0.05) is 14.2 Å². The molecule has 0 fully saturated rings. The molecule has 0 spiro atoms. The normalized spacial score (nSPS) is 13.5. The Morgan fingerprint density at radius 2 is 1.41 bits per heavy atom. The number of ketones is 1. The maximum atomic E-state index is 12.7. The zero-order valence-corrected chi connectivity index (χ0v) is 15.7. The fourth-order valence-electron chi connectivity index (χ4n) is 2.66. The van der Waals surface area contributed by atoms with Gasteiger partial charge in [0.25, 0.3) is 0 Å². The maximum Gasteiger partial charge on any atom is 0.188 e. The van der Waals surface area contributed by atoms with Gasteiger partial charge in [-0.15, -0.1) is 0 Å². The van der Waals surface area contributed by atoms with Crippen molar-refractivity contribution in [3.8, 4) is 0 Å². The Labute approximate surface area is 160 Å². The minimum atomic E-state index is -0.911. The number of rotatable bonds is 12. The van der Waals surface area contributed by atoms with Crippen LogP contribution in [0.4, 0.5) is 0 Å². The van der Waals surface area contributed by atoms with Crippen LogP contribution in [0.1, 0.15) is 11.1 Å². The van der Waals surface area contributed by atoms with Gasteiger partial charge in [-0.3, -0.25) is 4.79 Å². The molecule has 0 unspecified atom stereocenters. The third kappa shape index (κ3) is 6.86. The second kappa shape index (κ2) is 11.6. The van der Waals surface area contributed by atoms with Gasteiger partial charge in [0.15, 0.2) is 12.1 Å². The van der Waals surface area contributed by atoms with Crippen LogP contribution in [0.3, 0.4) is 0 Å². The van der Waals surface area contributed by atoms with Gasteiger partial charge in [0.1, 0.15) is 12.7 Å². The van der Waals surface area contributed by atoms with Crippen LogP contribution < -0.4 is 5.73 Å². The first-order chi connectivity index (χ1) is 13.2. The average Bonchev–Trinajstić information content (AvgIpc) is 2.70. The molecule has 0 radical (unpaired) electrons. The highest BCUT2D eigenvalue weighted by molar-refractivity contribution is 5.85. The summed E-state index contributed by atoms with van der Waals surface area (Å²) in [6, 6.07) is 18.4. The van der Waals surface area contributed by atoms with E-state index in [4.69, 9.17) is 24.7 Å². The van der Waals surface area contributed by atoms with E-state index in [-0.39, 0.29) is 19.0 Å². The fourth-order valence-corrected chi connectivity index (χ4v) is 2.66. The first-order valence-electron chi connectivity index (χ1n) is 8.76. The van der Waals surface area contributed by atoms with Gasteiger partial charge in [-0.05, 0) is 11.1 Å². The van der Waals surface area contributed by atoms with E-state index in [0.717, 1.165) is 11.1 Å². The Hall–Kier alpha value is -2.09. The number of Topliss-reactive ketones (excluding diaryl/α,β-unsaturated/α-hetero) is 1. The molecule has 2 atom stereocenters. The van der Waals surface area contributed by atoms with Crippen LogP contribution >= 0.6 is 0 Å². The molecule has 0 amide bonds. The minimum absolute atomic E-state index is 0.109. The molecule has 0 aromatic heterocycles. The van der Waals surface area contributed by atoms with Gasteiger partial charge in [-0.1, -0.05) is 60.7 Å². The lowest BCUT2D eigenvalue weighted by molar-refractivity contribution is -0.161. The van der Waals surface area contributed by atoms with Crippen LogP contribution in [0.25, 0.3) is 0 Å². The SMILES string of the molecule is COC(OC)[C@@H](N)[C@@H](OCc1ccccc1)C(=O)COCc1ccccc1. The van der Waals surface area contributed by atoms with E-state index < -0.39 is 18.4 Å². The molecule has 0 bridgehead atoms. The zero-order valence-electron chi connectivity index (χ0n) is 15.7. The van der Waals surface area contributed by atoms with E-state index in [1.807, 2.05) is 60.7 Å². The Morgan fingerprint density at radius 1 is 0.889 bits per heavy atom. The quantitative estimate of drug-likeness (QED) is 0.575. The summed E-state index contributed by atoms with van der Waals surface area (Å²) in [6.07, 6.45) is -1.67. The molecule has 0 saturated carbocycles. The summed E-state index contributed by atoms with van der Waals surface area (Å²) in [5.74, 6) is -0.256. The van der Waals surface area contributed by atoms with Gasteiger partial charge in [0.05, 0.1) is 19.3 Å². The molecule has 2 rings (SSSR count). The number of carbonyl (C=O) groups is 1. The van der Waals surface area contributed by atoms with Gasteiger partial charge >= 0.3 is 0 Å². The van der Waals surface area contributed by atoms with Crippen molar-refractivity contribution in [1.29, 1.82) is 0 Å². The number of nitrogens with two attached hydrogens (primary N) is 1. The molecular weight excluding hydrogens is 346 g/mol. The monoisotopic (exact) mass is 373 g/mol. The molecule has 6 nitrogen and oxygen atoms in total. The van der Waals surface area contributed by atoms with Crippen molar-refractivity contribution in [2.45, 2.75) is 31.6 Å². The Bertz CT molecular complexity index is 661. The Balaban J connectivity index is 1.97. The molecule has 0 aliphatic carbocycles. The van der Waals surface area contributed by atoms with E-state index in [1.165, 1.54) is 14.2 Å². The lowest BCUT2D eigenvalue weighted by atomic mass is 10.1. The largest absolute Gasteiger partial charge is 0.369 e. The standard InChI is InChI=1S/C21H27NO5/c1-24-21(25-2)19(22)20(27-14-17-11-7-4-8-12-17)18(23)15-26-13-16-9-5-3-6-10-16/h3-12,19-21H,13-15,22H2,1-2H3/t19-,20-/m0/s1. The van der Waals surface area contributed by atoms with Crippen molar-refractivity contribution in [2.75, 3.05) is 20.8 Å². The molecule has 6 heteroatoms. The van der Waals surface area contributed by atoms with Crippen molar-refractivity contribution < 1.29 is 23.7 Å². The molecule has 0 aliphatic rings. The highest BCUT2D eigenvalue weighted by Gasteiger charge is 2.33. The molecule has 0 heterocycles. The lowest BCUT2D eigenvalue weighted by Crippen LogP contribution is -2.52. The number of ether oxygens (including phenoxy) is 4. The maximum absolute atomic E-state index is 12.7. The van der Waals surface area contributed by atoms with E-state index >= 15 is 0 Å². The van der Waals surface area contributed by atoms with Gasteiger partial charge in [-0.2, -0.15) is 0 Å². The van der Waals surface area contributed by atoms with Crippen LogP contribution in [0.15, 0.2) is 60.7 Å². The van der Waals surface area contributed by atoms with Crippen LogP contribution in [0, 0.1) is 0 Å². The zero-order chi connectivity index (χ0) is 19.5. The van der Waals surface area contributed by atoms with Crippen molar-refractivity contribution in [1.82, 2.24) is 0 Å². The minimum Gasteiger partial charge on any atom is -0.369 e. The van der Waals surface area contributed by atoms with E-state index in [2.05, 4.69) is 0 Å². The molecule has 146 valence electrons. The third-order valence-corrected chi connectivity index (χ3v) is 4.07. The topological polar surface area (TPSA) is 80.0 Å². The number of carbonyl (C=O) groups excluding carboxylic acids is 1. The summed E-state index contributed by atoms with van der Waals surface area (Å²) in [5, 5.41) is 0. The van der Waals surface area contributed by atoms with E-state index in [1.54, 1.807) is 0 Å². The summed E-state index contributed by atoms with van der Waals surface area (Å²) in [7, 11) is 2.94. The third-order valence-electron chi connectivity index (χ3n) is 4.07. The molecule has 2 N–H and O–H groups in total. The first kappa shape index (κ1) is 21.2. The van der Waals surface area contributed by atoms with E-state index in [0.29, 0.717) is 6.61 Å². The van der Waals surface area contributed by atoms with Gasteiger partial charge in [0.2, 0.25) is 0 Å². The molecular formula is C21H27NO5. The Morgan fingerprint density at radius 3 is 1.93 bits per heavy atom. The van der Waals surface area contributed by atoms with Gasteiger partial charge in [-0.25, -0.2) is 0 Å². The molecule has 2 aromatic carbocycles. The smallest absolute Gasteiger partial charge is 0.188 e. The number of methoxy groups -OCH3 is 2. The van der Waals surface area contributed by atoms with Crippen LogP contribution in [-0.4, -0.2) is 45.0 Å². The van der Waals surface area contributed by atoms with Crippen molar-refractivity contribution in [3.63, 3.8) is 0 Å². The second-order valence-corrected chi connectivity index (χ2v) is 6.08. The Kier molecular flexibility index (Phi) is 9.10. The highest BCUT2D eigenvalue weighted by atomic mass is 16.7. The van der Waals surface area contributed by atoms with Crippen LogP contribution in [-0.2, 0) is 37.0 Å². The lowest BCUT2D eigenvalue weighted by Gasteiger charge is -2.28. The summed E-state index contributed by atoms with van der Waals surface area (Å²) >= 11 is 0. The van der Waals surface area contributed by atoms with Crippen LogP contribution in [0.5, 0.6) is 0 Å². The summed E-state index contributed by atoms with van der Waals surface area (Å²) < 4.78 is 21.8. The summed E-state index contributed by atoms with van der Waals surface area (Å²) in [6.45, 7) is 0.483.